The molecule has 5 atom stereocenters. The van der Waals surface area contributed by atoms with Gasteiger partial charge in [-0.15, -0.1) is 0 Å². The highest BCUT2D eigenvalue weighted by Crippen LogP contribution is 2.39. The fourth-order valence-electron chi connectivity index (χ4n) is 13.8. The van der Waals surface area contributed by atoms with Gasteiger partial charge in [-0.2, -0.15) is 0 Å². The van der Waals surface area contributed by atoms with E-state index in [0.717, 1.165) is 98.7 Å². The van der Waals surface area contributed by atoms with E-state index in [0.29, 0.717) is 35.3 Å². The number of esters is 2. The van der Waals surface area contributed by atoms with Crippen LogP contribution in [0.25, 0.3) is 0 Å². The molecule has 0 saturated heterocycles. The monoisotopic (exact) mass is 1810 g/mol. The number of ether oxygens (including phenoxy) is 6. The number of nitrogens with zero attached hydrogens (tertiary/aromatic N) is 1. The van der Waals surface area contributed by atoms with Crippen molar-refractivity contribution in [3.05, 3.63) is 167 Å². The summed E-state index contributed by atoms with van der Waals surface area (Å²) < 4.78 is 95.9. The van der Waals surface area contributed by atoms with Crippen LogP contribution in [0.5, 0.6) is 34.5 Å². The Bertz CT molecular complexity index is 3950. The summed E-state index contributed by atoms with van der Waals surface area (Å²) in [6.07, 6.45) is 9.31. The van der Waals surface area contributed by atoms with Gasteiger partial charge in [0.05, 0.1) is 34.4 Å². The summed E-state index contributed by atoms with van der Waals surface area (Å²) in [4.78, 5) is 47.6. The minimum absolute atomic E-state index is 0.00928. The Morgan fingerprint density at radius 1 is 0.385 bits per heavy atom. The molecular weight excluding hydrogens is 1670 g/mol. The lowest BCUT2D eigenvalue weighted by atomic mass is 10.1. The topological polar surface area (TPSA) is 272 Å². The fourth-order valence-corrected chi connectivity index (χ4v) is 67.2. The van der Waals surface area contributed by atoms with E-state index in [9.17, 15) is 29.4 Å². The van der Waals surface area contributed by atoms with Crippen LogP contribution < -0.4 is 24.3 Å². The van der Waals surface area contributed by atoms with E-state index in [4.69, 9.17) is 60.7 Å². The number of phenols is 2. The van der Waals surface area contributed by atoms with Crippen molar-refractivity contribution in [1.29, 1.82) is 0 Å². The summed E-state index contributed by atoms with van der Waals surface area (Å²) in [6, 6.07) is 41.9. The molecule has 654 valence electrons. The molecule has 23 nitrogen and oxygen atoms in total. The number of isocyanates is 1. The number of aromatic hydroxyl groups is 2. The molecule has 1 amide bonds. The standard InChI is InChI=1S/C47H79NO12Si6.C29H54O6Si5.C7H9NO3/c1-38(2)46(50)54-32-31-48-47(51)55-43-30-28-41(37-45(43)53-4)26-20-33-64(13,57-62(8,9)10)59-66(15,35-21-25-40-27-29-42(49)44(36-40)52-3)60-65(14,58-63(11,12)56-61(5,6)7)34-19-24-39-22-17-16-18-23-39;1-31-29-25-27(21-22-28(29)30)20-16-23-39(10,33-37(5,6)7)35-40(11,34-38(8,9)32-36(2,3)4)24-15-19-26-17-13-12-14-18-26;1-6(2)7(10)11-4-3-8-5-9/h16-18,22-23,27-30,36-37,49H,1,19-21,24-26,31-35H2,2-15H3,(H,48,51);12-14,17-18,21-22,25,30H,15-16,19-20,23-24H2,1-11H3;1,3-4H2,2H3. The van der Waals surface area contributed by atoms with Crippen molar-refractivity contribution in [2.45, 2.75) is 246 Å². The Hall–Kier alpha value is -5.80. The molecule has 5 rings (SSSR count). The molecule has 0 aromatic heterocycles. The number of carbonyl (C=O) groups is 3. The van der Waals surface area contributed by atoms with Gasteiger partial charge in [0, 0.05) is 11.1 Å². The van der Waals surface area contributed by atoms with Gasteiger partial charge in [-0.3, -0.25) is 0 Å². The average molecular weight is 1810 g/mol. The number of nitrogens with one attached hydrogen (secondary N) is 1. The Kier molecular flexibility index (Phi) is 43.9. The van der Waals surface area contributed by atoms with Crippen LogP contribution in [0.2, 0.25) is 168 Å². The second-order valence-corrected chi connectivity index (χ2v) is 78.9. The second-order valence-electron chi connectivity index (χ2n) is 35.2. The van der Waals surface area contributed by atoms with Crippen molar-refractivity contribution < 1.29 is 94.8 Å². The first-order valence-corrected chi connectivity index (χ1v) is 72.5. The number of hydrogen-bond acceptors (Lipinski definition) is 22. The number of carbonyl (C=O) groups excluding carboxylic acids is 4. The zero-order valence-corrected chi connectivity index (χ0v) is 86.4. The predicted molar refractivity (Wildman–Crippen MR) is 496 cm³/mol. The number of hydrogen-bond donors (Lipinski definition) is 3. The molecule has 0 saturated carbocycles. The van der Waals surface area contributed by atoms with Gasteiger partial charge >= 0.3 is 78.0 Å². The smallest absolute Gasteiger partial charge is 0.412 e. The van der Waals surface area contributed by atoms with E-state index in [1.54, 1.807) is 46.3 Å². The van der Waals surface area contributed by atoms with E-state index in [1.165, 1.54) is 24.3 Å². The van der Waals surface area contributed by atoms with Gasteiger partial charge in [0.1, 0.15) is 13.2 Å². The Morgan fingerprint density at radius 3 is 1.02 bits per heavy atom. The van der Waals surface area contributed by atoms with Gasteiger partial charge < -0.3 is 81.0 Å². The van der Waals surface area contributed by atoms with Crippen molar-refractivity contribution in [2.75, 3.05) is 47.6 Å². The van der Waals surface area contributed by atoms with Crippen LogP contribution in [0.3, 0.4) is 0 Å². The van der Waals surface area contributed by atoms with Crippen molar-refractivity contribution in [2.24, 2.45) is 4.99 Å². The molecule has 5 aromatic rings. The maximum atomic E-state index is 12.6. The first kappa shape index (κ1) is 105. The highest BCUT2D eigenvalue weighted by Gasteiger charge is 2.52. The molecule has 5 unspecified atom stereocenters. The van der Waals surface area contributed by atoms with Crippen LogP contribution in [-0.4, -0.2) is 175 Å². The fraction of sp³-hybridized carbons (Fsp3) is 0.542. The lowest BCUT2D eigenvalue weighted by Crippen LogP contribution is -2.62. The van der Waals surface area contributed by atoms with Gasteiger partial charge in [0.15, 0.2) is 67.8 Å². The molecule has 117 heavy (non-hydrogen) atoms. The third-order valence-corrected chi connectivity index (χ3v) is 58.5. The van der Waals surface area contributed by atoms with E-state index >= 15 is 0 Å². The molecule has 0 heterocycles. The SMILES string of the molecule is C=C(C)C(=O)OCCN=C=O.C=C(C)C(=O)OCCNC(=O)Oc1ccc(CCC[Si](C)(O[Si](C)(C)C)O[Si](C)(CCCc2ccc(O)c(OC)c2)O[Si](C)(CCCc2ccccc2)O[Si](C)(C)O[Si](C)(C)C)cc1OC.COc1cc(CCC[Si](C)(O[Si](C)(C)C)O[Si](C)(CCCc2ccccc2)O[Si](C)(C)O[Si](C)(C)C)ccc1O. The summed E-state index contributed by atoms with van der Waals surface area (Å²) in [5.74, 6) is 0.939. The zero-order chi connectivity index (χ0) is 88.3. The van der Waals surface area contributed by atoms with Crippen molar-refractivity contribution in [1.82, 2.24) is 5.32 Å². The van der Waals surface area contributed by atoms with Crippen LogP contribution in [-0.2, 0) is 93.0 Å². The van der Waals surface area contributed by atoms with Crippen LogP contribution >= 0.6 is 0 Å². The molecule has 3 N–H and O–H groups in total. The largest absolute Gasteiger partial charge is 0.504 e. The average Bonchev–Trinajstić information content (AvgIpc) is 0.796. The quantitative estimate of drug-likeness (QED) is 0.00815. The van der Waals surface area contributed by atoms with Crippen molar-refractivity contribution in [3.8, 4) is 34.5 Å². The number of methoxy groups -OCH3 is 3. The van der Waals surface area contributed by atoms with Crippen LogP contribution in [0.4, 0.5) is 4.79 Å². The molecule has 0 radical (unpaired) electrons. The van der Waals surface area contributed by atoms with E-state index < -0.39 is 111 Å². The van der Waals surface area contributed by atoms with E-state index in [1.807, 2.05) is 42.5 Å². The van der Waals surface area contributed by atoms with E-state index in [2.05, 4.69) is 220 Å². The van der Waals surface area contributed by atoms with Gasteiger partial charge in [-0.1, -0.05) is 92.0 Å². The summed E-state index contributed by atoms with van der Waals surface area (Å²) in [6.45, 7) is 56.8. The number of rotatable bonds is 50. The van der Waals surface area contributed by atoms with Crippen molar-refractivity contribution >= 4 is 117 Å². The Balaban J connectivity index is 0.000000583. The molecule has 0 aliphatic carbocycles. The van der Waals surface area contributed by atoms with Gasteiger partial charge in [-0.05, 0) is 310 Å². The minimum Gasteiger partial charge on any atom is -0.504 e. The highest BCUT2D eigenvalue weighted by molar-refractivity contribution is 6.93. The summed E-state index contributed by atoms with van der Waals surface area (Å²) in [5, 5.41) is 22.9. The Morgan fingerprint density at radius 2 is 0.692 bits per heavy atom. The molecule has 0 aliphatic rings. The number of phenolic OH excluding ortho intramolecular Hbond substituents is 2. The normalized spacial score (nSPS) is 14.6. The summed E-state index contributed by atoms with van der Waals surface area (Å²) >= 11 is 0. The Labute approximate surface area is 712 Å². The molecule has 0 aliphatic heterocycles. The first-order chi connectivity index (χ1) is 54.2. The summed E-state index contributed by atoms with van der Waals surface area (Å²) in [5.41, 5.74) is 6.45. The maximum absolute atomic E-state index is 12.6. The molecular formula is C83H142N2O21Si11. The zero-order valence-electron chi connectivity index (χ0n) is 75.4. The number of aliphatic imine (C=N–C) groups is 1. The molecule has 5 aromatic carbocycles. The number of aryl methyl sites for hydroxylation is 5. The summed E-state index contributed by atoms with van der Waals surface area (Å²) in [7, 11) is -22.4. The van der Waals surface area contributed by atoms with Gasteiger partial charge in [0.25, 0.3) is 0 Å². The lowest BCUT2D eigenvalue weighted by molar-refractivity contribution is -0.139. The molecule has 0 spiro atoms. The number of benzene rings is 5. The van der Waals surface area contributed by atoms with Gasteiger partial charge in [-0.25, -0.2) is 24.2 Å². The number of amides is 1. The van der Waals surface area contributed by atoms with E-state index in [-0.39, 0.29) is 49.1 Å². The van der Waals surface area contributed by atoms with Crippen LogP contribution in [0.1, 0.15) is 73.8 Å². The van der Waals surface area contributed by atoms with Gasteiger partial charge in [0.2, 0.25) is 6.08 Å². The third kappa shape index (κ3) is 45.1. The molecule has 34 heteroatoms. The molecule has 0 fully saturated rings. The maximum Gasteiger partial charge on any atom is 0.412 e. The van der Waals surface area contributed by atoms with Crippen molar-refractivity contribution in [3.63, 3.8) is 0 Å². The molecule has 0 bridgehead atoms. The predicted octanol–water partition coefficient (Wildman–Crippen LogP) is 20.5. The lowest BCUT2D eigenvalue weighted by Gasteiger charge is -2.46. The minimum atomic E-state index is -3.09. The third-order valence-electron chi connectivity index (χ3n) is 17.3. The first-order valence-electron chi connectivity index (χ1n) is 40.6. The highest BCUT2D eigenvalue weighted by atomic mass is 28.5. The second kappa shape index (κ2) is 48.7. The van der Waals surface area contributed by atoms with Crippen LogP contribution in [0.15, 0.2) is 145 Å². The van der Waals surface area contributed by atoms with Crippen LogP contribution in [0, 0.1) is 0 Å².